The van der Waals surface area contributed by atoms with Gasteiger partial charge in [0.1, 0.15) is 0 Å². The van der Waals surface area contributed by atoms with Gasteiger partial charge in [0.2, 0.25) is 5.89 Å². The summed E-state index contributed by atoms with van der Waals surface area (Å²) in [6, 6.07) is 0.572. The van der Waals surface area contributed by atoms with Crippen molar-refractivity contribution in [2.45, 2.75) is 51.7 Å². The zero-order valence-corrected chi connectivity index (χ0v) is 11.8. The highest BCUT2D eigenvalue weighted by molar-refractivity contribution is 5.17. The summed E-state index contributed by atoms with van der Waals surface area (Å²) in [5, 5.41) is 14.5. The third kappa shape index (κ3) is 4.47. The molecule has 1 aliphatic rings. The van der Waals surface area contributed by atoms with Gasteiger partial charge in [-0.1, -0.05) is 12.0 Å². The number of aromatic nitrogens is 2. The molecule has 108 valence electrons. The Kier molecular flexibility index (Phi) is 5.60. The molecule has 0 spiro atoms. The fourth-order valence-corrected chi connectivity index (χ4v) is 2.10. The van der Waals surface area contributed by atoms with Gasteiger partial charge in [0.25, 0.3) is 0 Å². The number of hydrogen-bond acceptors (Lipinski definition) is 6. The van der Waals surface area contributed by atoms with Gasteiger partial charge in [-0.05, 0) is 39.2 Å². The molecule has 1 aromatic rings. The third-order valence-electron chi connectivity index (χ3n) is 3.27. The van der Waals surface area contributed by atoms with Crippen LogP contribution >= 0.6 is 0 Å². The molecule has 19 heavy (non-hydrogen) atoms. The lowest BCUT2D eigenvalue weighted by molar-refractivity contribution is 0.0244. The highest BCUT2D eigenvalue weighted by Gasteiger charge is 2.16. The summed E-state index contributed by atoms with van der Waals surface area (Å²) in [4.78, 5) is 0. The van der Waals surface area contributed by atoms with E-state index in [4.69, 9.17) is 9.15 Å². The first-order valence-electron chi connectivity index (χ1n) is 7.22. The predicted molar refractivity (Wildman–Crippen MR) is 73.1 cm³/mol. The molecule has 1 fully saturated rings. The van der Waals surface area contributed by atoms with Gasteiger partial charge in [0, 0.05) is 13.2 Å². The molecule has 2 atom stereocenters. The normalized spacial score (nSPS) is 21.3. The van der Waals surface area contributed by atoms with E-state index in [0.717, 1.165) is 32.5 Å². The van der Waals surface area contributed by atoms with Gasteiger partial charge in [-0.3, -0.25) is 0 Å². The minimum absolute atomic E-state index is 0.0916. The van der Waals surface area contributed by atoms with Crippen LogP contribution in [0.5, 0.6) is 0 Å². The van der Waals surface area contributed by atoms with Crippen molar-refractivity contribution in [1.82, 2.24) is 15.5 Å². The van der Waals surface area contributed by atoms with Crippen LogP contribution < -0.4 is 10.6 Å². The molecule has 6 heteroatoms. The highest BCUT2D eigenvalue weighted by atomic mass is 16.5. The Morgan fingerprint density at radius 3 is 3.00 bits per heavy atom. The number of nitrogens with one attached hydrogen (secondary N) is 2. The molecule has 0 bridgehead atoms. The Labute approximate surface area is 114 Å². The number of nitrogens with zero attached hydrogens (tertiary/aromatic N) is 2. The smallest absolute Gasteiger partial charge is 0.315 e. The standard InChI is InChI=1S/C13H24N4O2/c1-3-7-14-10(2)12-16-17-13(19-12)15-9-11-6-4-5-8-18-11/h10-11,14H,3-9H2,1-2H3,(H,15,17). The lowest BCUT2D eigenvalue weighted by Gasteiger charge is -2.22. The van der Waals surface area contributed by atoms with E-state index >= 15 is 0 Å². The molecule has 0 aliphatic carbocycles. The van der Waals surface area contributed by atoms with Crippen molar-refractivity contribution in [2.24, 2.45) is 0 Å². The van der Waals surface area contributed by atoms with Crippen LogP contribution in [0.3, 0.4) is 0 Å². The van der Waals surface area contributed by atoms with E-state index < -0.39 is 0 Å². The molecule has 2 N–H and O–H groups in total. The highest BCUT2D eigenvalue weighted by Crippen LogP contribution is 2.16. The largest absolute Gasteiger partial charge is 0.406 e. The summed E-state index contributed by atoms with van der Waals surface area (Å²) in [7, 11) is 0. The van der Waals surface area contributed by atoms with Crippen LogP contribution in [-0.2, 0) is 4.74 Å². The Bertz CT molecular complexity index is 363. The summed E-state index contributed by atoms with van der Waals surface area (Å²) in [6.07, 6.45) is 4.85. The number of ether oxygens (including phenoxy) is 1. The van der Waals surface area contributed by atoms with Crippen LogP contribution in [0.2, 0.25) is 0 Å². The maximum absolute atomic E-state index is 5.64. The summed E-state index contributed by atoms with van der Waals surface area (Å²) in [5.41, 5.74) is 0. The molecule has 2 rings (SSSR count). The molecule has 1 saturated heterocycles. The van der Waals surface area contributed by atoms with Gasteiger partial charge in [-0.25, -0.2) is 0 Å². The predicted octanol–water partition coefficient (Wildman–Crippen LogP) is 2.11. The Balaban J connectivity index is 1.76. The van der Waals surface area contributed by atoms with Crippen molar-refractivity contribution in [3.05, 3.63) is 5.89 Å². The number of hydrogen-bond donors (Lipinski definition) is 2. The van der Waals surface area contributed by atoms with Gasteiger partial charge in [-0.2, -0.15) is 0 Å². The van der Waals surface area contributed by atoms with Crippen LogP contribution in [0, 0.1) is 0 Å². The molecule has 0 saturated carbocycles. The van der Waals surface area contributed by atoms with Crippen LogP contribution in [0.25, 0.3) is 0 Å². The summed E-state index contributed by atoms with van der Waals surface area (Å²) in [5.74, 6) is 0.625. The Hall–Kier alpha value is -1.14. The van der Waals surface area contributed by atoms with Crippen LogP contribution in [0.4, 0.5) is 6.01 Å². The average Bonchev–Trinajstić information content (AvgIpc) is 2.92. The second-order valence-corrected chi connectivity index (χ2v) is 4.99. The number of rotatable bonds is 7. The molecule has 1 aliphatic heterocycles. The lowest BCUT2D eigenvalue weighted by atomic mass is 10.1. The topological polar surface area (TPSA) is 72.2 Å². The molecule has 2 unspecified atom stereocenters. The average molecular weight is 268 g/mol. The van der Waals surface area contributed by atoms with Crippen LogP contribution in [0.1, 0.15) is 51.5 Å². The van der Waals surface area contributed by atoms with Gasteiger partial charge < -0.3 is 19.8 Å². The van der Waals surface area contributed by atoms with Gasteiger partial charge >= 0.3 is 6.01 Å². The summed E-state index contributed by atoms with van der Waals surface area (Å²) >= 11 is 0. The lowest BCUT2D eigenvalue weighted by Crippen LogP contribution is -2.27. The van der Waals surface area contributed by atoms with Crippen molar-refractivity contribution >= 4 is 6.01 Å². The summed E-state index contributed by atoms with van der Waals surface area (Å²) < 4.78 is 11.2. The molecule has 0 radical (unpaired) electrons. The molecule has 6 nitrogen and oxygen atoms in total. The van der Waals surface area contributed by atoms with Gasteiger partial charge in [0.15, 0.2) is 0 Å². The monoisotopic (exact) mass is 268 g/mol. The second-order valence-electron chi connectivity index (χ2n) is 4.99. The minimum Gasteiger partial charge on any atom is -0.406 e. The fraction of sp³-hybridized carbons (Fsp3) is 0.846. The van der Waals surface area contributed by atoms with Crippen molar-refractivity contribution in [1.29, 1.82) is 0 Å². The van der Waals surface area contributed by atoms with E-state index in [1.165, 1.54) is 12.8 Å². The molecule has 0 aromatic carbocycles. The van der Waals surface area contributed by atoms with E-state index in [1.807, 2.05) is 6.92 Å². The SMILES string of the molecule is CCCNC(C)c1nnc(NCC2CCCCO2)o1. The van der Waals surface area contributed by atoms with Crippen molar-refractivity contribution in [2.75, 3.05) is 25.0 Å². The first-order chi connectivity index (χ1) is 9.29. The molecule has 0 amide bonds. The van der Waals surface area contributed by atoms with Gasteiger partial charge in [-0.15, -0.1) is 5.10 Å². The minimum atomic E-state index is 0.0916. The third-order valence-corrected chi connectivity index (χ3v) is 3.27. The molecular weight excluding hydrogens is 244 g/mol. The van der Waals surface area contributed by atoms with Gasteiger partial charge in [0.05, 0.1) is 12.1 Å². The number of anilines is 1. The Morgan fingerprint density at radius 2 is 2.26 bits per heavy atom. The quantitative estimate of drug-likeness (QED) is 0.789. The van der Waals surface area contributed by atoms with E-state index in [0.29, 0.717) is 11.9 Å². The van der Waals surface area contributed by atoms with Crippen molar-refractivity contribution < 1.29 is 9.15 Å². The zero-order chi connectivity index (χ0) is 13.5. The van der Waals surface area contributed by atoms with E-state index in [-0.39, 0.29) is 12.1 Å². The van der Waals surface area contributed by atoms with E-state index in [1.54, 1.807) is 0 Å². The first-order valence-corrected chi connectivity index (χ1v) is 7.22. The van der Waals surface area contributed by atoms with E-state index in [2.05, 4.69) is 27.8 Å². The molecule has 2 heterocycles. The zero-order valence-electron chi connectivity index (χ0n) is 11.8. The van der Waals surface area contributed by atoms with Crippen LogP contribution in [-0.4, -0.2) is 36.0 Å². The maximum atomic E-state index is 5.64. The molecular formula is C13H24N4O2. The fourth-order valence-electron chi connectivity index (χ4n) is 2.10. The van der Waals surface area contributed by atoms with Crippen molar-refractivity contribution in [3.8, 4) is 0 Å². The van der Waals surface area contributed by atoms with Crippen molar-refractivity contribution in [3.63, 3.8) is 0 Å². The molecule has 1 aromatic heterocycles. The Morgan fingerprint density at radius 1 is 1.37 bits per heavy atom. The first kappa shape index (κ1) is 14.3. The van der Waals surface area contributed by atoms with E-state index in [9.17, 15) is 0 Å². The van der Waals surface area contributed by atoms with Crippen LogP contribution in [0.15, 0.2) is 4.42 Å². The maximum Gasteiger partial charge on any atom is 0.315 e. The second kappa shape index (κ2) is 7.45. The summed E-state index contributed by atoms with van der Waals surface area (Å²) in [6.45, 7) is 6.70.